The van der Waals surface area contributed by atoms with Crippen molar-refractivity contribution in [1.82, 2.24) is 9.80 Å². The highest BCUT2D eigenvalue weighted by Gasteiger charge is 2.23. The van der Waals surface area contributed by atoms with Gasteiger partial charge in [-0.05, 0) is 54.1 Å². The lowest BCUT2D eigenvalue weighted by molar-refractivity contribution is 0.0633. The molecule has 0 atom stereocenters. The van der Waals surface area contributed by atoms with Crippen LogP contribution in [0.25, 0.3) is 0 Å². The number of aryl methyl sites for hydroxylation is 2. The van der Waals surface area contributed by atoms with Crippen molar-refractivity contribution in [3.63, 3.8) is 0 Å². The zero-order valence-electron chi connectivity index (χ0n) is 18.2. The average Bonchev–Trinajstić information content (AvgIpc) is 3.25. The number of ether oxygens (including phenoxy) is 1. The Morgan fingerprint density at radius 2 is 1.69 bits per heavy atom. The van der Waals surface area contributed by atoms with Crippen molar-refractivity contribution in [2.45, 2.75) is 27.0 Å². The van der Waals surface area contributed by atoms with Crippen LogP contribution in [-0.2, 0) is 13.2 Å². The maximum absolute atomic E-state index is 13.0. The number of carbonyl (C=O) groups excluding carboxylic acids is 1. The number of hydrogen-bond acceptors (Lipinski definition) is 4. The van der Waals surface area contributed by atoms with Crippen LogP contribution in [-0.4, -0.2) is 41.9 Å². The Morgan fingerprint density at radius 1 is 0.969 bits per heavy atom. The maximum Gasteiger partial charge on any atom is 0.264 e. The van der Waals surface area contributed by atoms with Gasteiger partial charge in [0.25, 0.3) is 5.91 Å². The summed E-state index contributed by atoms with van der Waals surface area (Å²) in [4.78, 5) is 18.0. The molecule has 0 radical (unpaired) electrons. The number of thiophene rings is 1. The Balaban J connectivity index is 1.30. The summed E-state index contributed by atoms with van der Waals surface area (Å²) in [7, 11) is 0. The van der Waals surface area contributed by atoms with Gasteiger partial charge in [-0.3, -0.25) is 9.69 Å². The van der Waals surface area contributed by atoms with Gasteiger partial charge in [-0.25, -0.2) is 0 Å². The third-order valence-corrected chi connectivity index (χ3v) is 7.41. The Hall–Kier alpha value is -2.05. The van der Waals surface area contributed by atoms with Crippen molar-refractivity contribution in [3.8, 4) is 5.75 Å². The van der Waals surface area contributed by atoms with Gasteiger partial charge in [0.1, 0.15) is 12.4 Å². The van der Waals surface area contributed by atoms with E-state index < -0.39 is 0 Å². The van der Waals surface area contributed by atoms with E-state index in [0.717, 1.165) is 52.5 Å². The van der Waals surface area contributed by atoms with E-state index in [1.54, 1.807) is 0 Å². The molecule has 0 spiro atoms. The highest BCUT2D eigenvalue weighted by Crippen LogP contribution is 2.26. The molecule has 0 aliphatic carbocycles. The molecule has 7 heteroatoms. The molecular weight excluding hydrogens is 463 g/mol. The topological polar surface area (TPSA) is 32.8 Å². The van der Waals surface area contributed by atoms with Crippen molar-refractivity contribution < 1.29 is 9.53 Å². The Labute approximate surface area is 203 Å². The predicted molar refractivity (Wildman–Crippen MR) is 132 cm³/mol. The molecule has 1 aromatic heterocycles. The summed E-state index contributed by atoms with van der Waals surface area (Å²) in [5, 5.41) is 3.16. The van der Waals surface area contributed by atoms with Crippen molar-refractivity contribution in [3.05, 3.63) is 85.0 Å². The minimum atomic E-state index is 0.0995. The normalized spacial score (nSPS) is 14.6. The Bertz CT molecular complexity index is 1090. The molecule has 1 saturated heterocycles. The summed E-state index contributed by atoms with van der Waals surface area (Å²) in [6, 6.07) is 13.8. The van der Waals surface area contributed by atoms with Gasteiger partial charge in [0.15, 0.2) is 0 Å². The number of amides is 1. The van der Waals surface area contributed by atoms with E-state index in [9.17, 15) is 4.79 Å². The van der Waals surface area contributed by atoms with E-state index in [4.69, 9.17) is 27.9 Å². The first kappa shape index (κ1) is 23.1. The standard InChI is InChI=1S/C25H26Cl2N2O2S/c1-17-4-3-5-18(2)24(17)31-15-20-13-23(32-16-20)25(30)29-10-8-28(9-11-29)14-19-6-7-21(26)22(27)12-19/h3-7,12-13,16H,8-11,14-15H2,1-2H3. The first-order valence-corrected chi connectivity index (χ1v) is 12.3. The molecule has 0 unspecified atom stereocenters. The number of piperazine rings is 1. The summed E-state index contributed by atoms with van der Waals surface area (Å²) in [6.45, 7) is 8.46. The summed E-state index contributed by atoms with van der Waals surface area (Å²) in [6.07, 6.45) is 0. The number of rotatable bonds is 6. The van der Waals surface area contributed by atoms with Crippen molar-refractivity contribution in [1.29, 1.82) is 0 Å². The van der Waals surface area contributed by atoms with E-state index >= 15 is 0 Å². The monoisotopic (exact) mass is 488 g/mol. The highest BCUT2D eigenvalue weighted by molar-refractivity contribution is 7.12. The van der Waals surface area contributed by atoms with Crippen LogP contribution < -0.4 is 4.74 Å². The molecule has 1 fully saturated rings. The molecule has 0 saturated carbocycles. The molecule has 1 amide bonds. The number of hydrogen-bond donors (Lipinski definition) is 0. The predicted octanol–water partition coefficient (Wildman–Crippen LogP) is 6.21. The second-order valence-electron chi connectivity index (χ2n) is 8.15. The van der Waals surface area contributed by atoms with Gasteiger partial charge in [-0.1, -0.05) is 47.5 Å². The minimum absolute atomic E-state index is 0.0995. The molecule has 0 N–H and O–H groups in total. The molecule has 168 valence electrons. The average molecular weight is 489 g/mol. The zero-order valence-corrected chi connectivity index (χ0v) is 20.6. The number of nitrogens with zero attached hydrogens (tertiary/aromatic N) is 2. The van der Waals surface area contributed by atoms with Gasteiger partial charge >= 0.3 is 0 Å². The van der Waals surface area contributed by atoms with Crippen LogP contribution in [0.2, 0.25) is 10.0 Å². The van der Waals surface area contributed by atoms with Gasteiger partial charge in [-0.2, -0.15) is 0 Å². The van der Waals surface area contributed by atoms with Crippen molar-refractivity contribution in [2.75, 3.05) is 26.2 Å². The van der Waals surface area contributed by atoms with Crippen LogP contribution in [0.1, 0.15) is 31.9 Å². The van der Waals surface area contributed by atoms with Crippen LogP contribution >= 0.6 is 34.5 Å². The van der Waals surface area contributed by atoms with Gasteiger partial charge in [0, 0.05) is 38.3 Å². The Kier molecular flexibility index (Phi) is 7.41. The zero-order chi connectivity index (χ0) is 22.7. The third kappa shape index (κ3) is 5.46. The fraction of sp³-hybridized carbons (Fsp3) is 0.320. The van der Waals surface area contributed by atoms with Crippen LogP contribution in [0, 0.1) is 13.8 Å². The number of halogens is 2. The molecule has 1 aliphatic rings. The molecule has 4 rings (SSSR count). The van der Waals surface area contributed by atoms with Gasteiger partial charge < -0.3 is 9.64 Å². The molecule has 2 aromatic carbocycles. The first-order chi connectivity index (χ1) is 15.4. The summed E-state index contributed by atoms with van der Waals surface area (Å²) >= 11 is 13.6. The second kappa shape index (κ2) is 10.3. The van der Waals surface area contributed by atoms with E-state index in [1.165, 1.54) is 11.3 Å². The summed E-state index contributed by atoms with van der Waals surface area (Å²) in [5.74, 6) is 1.02. The molecule has 0 bridgehead atoms. The van der Waals surface area contributed by atoms with Crippen LogP contribution in [0.5, 0.6) is 5.75 Å². The lowest BCUT2D eigenvalue weighted by Gasteiger charge is -2.34. The fourth-order valence-corrected chi connectivity index (χ4v) is 5.09. The van der Waals surface area contributed by atoms with Gasteiger partial charge in [-0.15, -0.1) is 11.3 Å². The lowest BCUT2D eigenvalue weighted by Crippen LogP contribution is -2.48. The fourth-order valence-electron chi connectivity index (χ4n) is 3.91. The quantitative estimate of drug-likeness (QED) is 0.413. The van der Waals surface area contributed by atoms with Crippen LogP contribution in [0.15, 0.2) is 47.8 Å². The van der Waals surface area contributed by atoms with Gasteiger partial charge in [0.2, 0.25) is 0 Å². The smallest absolute Gasteiger partial charge is 0.264 e. The number of para-hydroxylation sites is 1. The highest BCUT2D eigenvalue weighted by atomic mass is 35.5. The third-order valence-electron chi connectivity index (χ3n) is 5.71. The Morgan fingerprint density at radius 3 is 2.38 bits per heavy atom. The largest absolute Gasteiger partial charge is 0.488 e. The van der Waals surface area contributed by atoms with Gasteiger partial charge in [0.05, 0.1) is 14.9 Å². The van der Waals surface area contributed by atoms with Crippen molar-refractivity contribution >= 4 is 40.4 Å². The van der Waals surface area contributed by atoms with Crippen LogP contribution in [0.3, 0.4) is 0 Å². The molecule has 1 aliphatic heterocycles. The van der Waals surface area contributed by atoms with E-state index in [-0.39, 0.29) is 5.91 Å². The molecule has 3 aromatic rings. The molecule has 4 nitrogen and oxygen atoms in total. The van der Waals surface area contributed by atoms with Crippen LogP contribution in [0.4, 0.5) is 0 Å². The SMILES string of the molecule is Cc1cccc(C)c1OCc1csc(C(=O)N2CCN(Cc3ccc(Cl)c(Cl)c3)CC2)c1. The van der Waals surface area contributed by atoms with E-state index in [1.807, 2.05) is 66.6 Å². The molecule has 32 heavy (non-hydrogen) atoms. The number of carbonyl (C=O) groups is 1. The maximum atomic E-state index is 13.0. The number of benzene rings is 2. The van der Waals surface area contributed by atoms with Crippen molar-refractivity contribution in [2.24, 2.45) is 0 Å². The summed E-state index contributed by atoms with van der Waals surface area (Å²) in [5.41, 5.74) is 4.40. The molecule has 2 heterocycles. The van der Waals surface area contributed by atoms with E-state index in [0.29, 0.717) is 29.7 Å². The first-order valence-electron chi connectivity index (χ1n) is 10.6. The minimum Gasteiger partial charge on any atom is -0.488 e. The second-order valence-corrected chi connectivity index (χ2v) is 9.87. The summed E-state index contributed by atoms with van der Waals surface area (Å²) < 4.78 is 6.04. The molecular formula is C25H26Cl2N2O2S. The van der Waals surface area contributed by atoms with E-state index in [2.05, 4.69) is 4.90 Å². The lowest BCUT2D eigenvalue weighted by atomic mass is 10.1.